The molecule has 1 atom stereocenters. The van der Waals surface area contributed by atoms with E-state index in [0.29, 0.717) is 6.42 Å². The fraction of sp³-hybridized carbons (Fsp3) is 0.333. The third kappa shape index (κ3) is 4.56. The first-order valence-electron chi connectivity index (χ1n) is 5.26. The fourth-order valence-corrected chi connectivity index (χ4v) is 1.81. The lowest BCUT2D eigenvalue weighted by Gasteiger charge is -2.09. The Morgan fingerprint density at radius 3 is 2.65 bits per heavy atom. The van der Waals surface area contributed by atoms with Gasteiger partial charge in [-0.1, -0.05) is 34.1 Å². The SMILES string of the molecule is C[C@@H](NC(=O)CCc1ccccc1Br)C(=O)O. The van der Waals surface area contributed by atoms with Crippen molar-refractivity contribution in [3.05, 3.63) is 34.3 Å². The predicted molar refractivity (Wildman–Crippen MR) is 67.7 cm³/mol. The van der Waals surface area contributed by atoms with Gasteiger partial charge in [-0.2, -0.15) is 0 Å². The normalized spacial score (nSPS) is 11.9. The largest absolute Gasteiger partial charge is 0.480 e. The maximum Gasteiger partial charge on any atom is 0.325 e. The van der Waals surface area contributed by atoms with Crippen LogP contribution in [-0.2, 0) is 16.0 Å². The zero-order valence-corrected chi connectivity index (χ0v) is 11.0. The molecule has 0 fully saturated rings. The summed E-state index contributed by atoms with van der Waals surface area (Å²) < 4.78 is 0.957. The van der Waals surface area contributed by atoms with Gasteiger partial charge in [0, 0.05) is 10.9 Å². The van der Waals surface area contributed by atoms with Crippen LogP contribution < -0.4 is 5.32 Å². The van der Waals surface area contributed by atoms with E-state index in [1.54, 1.807) is 0 Å². The summed E-state index contributed by atoms with van der Waals surface area (Å²) in [7, 11) is 0. The lowest BCUT2D eigenvalue weighted by atomic mass is 10.1. The molecule has 0 aliphatic rings. The van der Waals surface area contributed by atoms with Gasteiger partial charge in [0.05, 0.1) is 0 Å². The molecule has 2 N–H and O–H groups in total. The van der Waals surface area contributed by atoms with Crippen LogP contribution in [0.3, 0.4) is 0 Å². The van der Waals surface area contributed by atoms with E-state index in [9.17, 15) is 9.59 Å². The number of rotatable bonds is 5. The van der Waals surface area contributed by atoms with Gasteiger partial charge >= 0.3 is 5.97 Å². The van der Waals surface area contributed by atoms with Crippen LogP contribution in [0.4, 0.5) is 0 Å². The molecule has 0 saturated heterocycles. The summed E-state index contributed by atoms with van der Waals surface area (Å²) in [5.74, 6) is -1.28. The van der Waals surface area contributed by atoms with Gasteiger partial charge < -0.3 is 10.4 Å². The van der Waals surface area contributed by atoms with Crippen LogP contribution >= 0.6 is 15.9 Å². The number of carboxylic acid groups (broad SMARTS) is 1. The minimum atomic E-state index is -1.03. The molecule has 1 rings (SSSR count). The van der Waals surface area contributed by atoms with Crippen molar-refractivity contribution < 1.29 is 14.7 Å². The van der Waals surface area contributed by atoms with Gasteiger partial charge in [0.15, 0.2) is 0 Å². The Morgan fingerprint density at radius 1 is 1.41 bits per heavy atom. The van der Waals surface area contributed by atoms with Crippen LogP contribution in [0.5, 0.6) is 0 Å². The molecule has 1 amide bonds. The molecule has 92 valence electrons. The number of hydrogen-bond acceptors (Lipinski definition) is 2. The molecule has 0 spiro atoms. The maximum atomic E-state index is 11.5. The molecule has 0 radical (unpaired) electrons. The van der Waals surface area contributed by atoms with E-state index in [4.69, 9.17) is 5.11 Å². The summed E-state index contributed by atoms with van der Waals surface area (Å²) in [6, 6.07) is 6.80. The van der Waals surface area contributed by atoms with Crippen molar-refractivity contribution in [2.45, 2.75) is 25.8 Å². The van der Waals surface area contributed by atoms with Gasteiger partial charge in [-0.25, -0.2) is 0 Å². The molecule has 0 saturated carbocycles. The van der Waals surface area contributed by atoms with Crippen molar-refractivity contribution in [3.8, 4) is 0 Å². The number of carbonyl (C=O) groups excluding carboxylic acids is 1. The van der Waals surface area contributed by atoms with E-state index in [1.807, 2.05) is 24.3 Å². The van der Waals surface area contributed by atoms with E-state index >= 15 is 0 Å². The van der Waals surface area contributed by atoms with E-state index in [-0.39, 0.29) is 12.3 Å². The first-order chi connectivity index (χ1) is 8.00. The second-order valence-corrected chi connectivity index (χ2v) is 4.57. The molecule has 17 heavy (non-hydrogen) atoms. The van der Waals surface area contributed by atoms with Crippen LogP contribution in [0.1, 0.15) is 18.9 Å². The van der Waals surface area contributed by atoms with Crippen molar-refractivity contribution in [2.24, 2.45) is 0 Å². The predicted octanol–water partition coefficient (Wildman–Crippen LogP) is 1.97. The topological polar surface area (TPSA) is 66.4 Å². The zero-order valence-electron chi connectivity index (χ0n) is 9.44. The molecule has 5 heteroatoms. The second kappa shape index (κ2) is 6.39. The van der Waals surface area contributed by atoms with Crippen LogP contribution in [0, 0.1) is 0 Å². The summed E-state index contributed by atoms with van der Waals surface area (Å²) >= 11 is 3.39. The summed E-state index contributed by atoms with van der Waals surface area (Å²) in [5.41, 5.74) is 1.03. The number of carboxylic acids is 1. The Hall–Kier alpha value is -1.36. The molecule has 1 aromatic rings. The Bertz CT molecular complexity index is 420. The molecule has 4 nitrogen and oxygen atoms in total. The number of benzene rings is 1. The van der Waals surface area contributed by atoms with E-state index < -0.39 is 12.0 Å². The van der Waals surface area contributed by atoms with Crippen molar-refractivity contribution in [2.75, 3.05) is 0 Å². The van der Waals surface area contributed by atoms with E-state index in [1.165, 1.54) is 6.92 Å². The number of hydrogen-bond donors (Lipinski definition) is 2. The summed E-state index contributed by atoms with van der Waals surface area (Å²) in [6.07, 6.45) is 0.861. The van der Waals surface area contributed by atoms with Crippen LogP contribution in [0.25, 0.3) is 0 Å². The number of aryl methyl sites for hydroxylation is 1. The summed E-state index contributed by atoms with van der Waals surface area (Å²) in [5, 5.41) is 11.1. The highest BCUT2D eigenvalue weighted by atomic mass is 79.9. The Morgan fingerprint density at radius 2 is 2.06 bits per heavy atom. The van der Waals surface area contributed by atoms with Gasteiger partial charge in [-0.3, -0.25) is 9.59 Å². The average Bonchev–Trinajstić information content (AvgIpc) is 2.27. The zero-order chi connectivity index (χ0) is 12.8. The highest BCUT2D eigenvalue weighted by Crippen LogP contribution is 2.17. The van der Waals surface area contributed by atoms with Gasteiger partial charge in [-0.05, 0) is 25.0 Å². The number of amides is 1. The molecule has 0 heterocycles. The van der Waals surface area contributed by atoms with E-state index in [2.05, 4.69) is 21.2 Å². The van der Waals surface area contributed by atoms with Crippen molar-refractivity contribution in [1.29, 1.82) is 0 Å². The highest BCUT2D eigenvalue weighted by molar-refractivity contribution is 9.10. The quantitative estimate of drug-likeness (QED) is 0.873. The molecule has 0 aliphatic heterocycles. The number of nitrogens with one attached hydrogen (secondary N) is 1. The Kier molecular flexibility index (Phi) is 5.15. The summed E-state index contributed by atoms with van der Waals surface area (Å²) in [6.45, 7) is 1.44. The maximum absolute atomic E-state index is 11.5. The Balaban J connectivity index is 2.44. The number of halogens is 1. The summed E-state index contributed by atoms with van der Waals surface area (Å²) in [4.78, 5) is 22.0. The fourth-order valence-electron chi connectivity index (χ4n) is 1.32. The molecule has 0 unspecified atom stereocenters. The minimum Gasteiger partial charge on any atom is -0.480 e. The van der Waals surface area contributed by atoms with Gasteiger partial charge in [0.2, 0.25) is 5.91 Å². The van der Waals surface area contributed by atoms with Gasteiger partial charge in [-0.15, -0.1) is 0 Å². The molecule has 0 aliphatic carbocycles. The molecule has 0 bridgehead atoms. The minimum absolute atomic E-state index is 0.254. The number of aliphatic carboxylic acids is 1. The van der Waals surface area contributed by atoms with Crippen molar-refractivity contribution >= 4 is 27.8 Å². The third-order valence-electron chi connectivity index (χ3n) is 2.33. The molecular weight excluding hydrogens is 286 g/mol. The van der Waals surface area contributed by atoms with Crippen LogP contribution in [0.15, 0.2) is 28.7 Å². The molecular formula is C12H14BrNO3. The van der Waals surface area contributed by atoms with Crippen molar-refractivity contribution in [3.63, 3.8) is 0 Å². The first-order valence-corrected chi connectivity index (χ1v) is 6.05. The van der Waals surface area contributed by atoms with Crippen molar-refractivity contribution in [1.82, 2.24) is 5.32 Å². The molecule has 1 aromatic carbocycles. The van der Waals surface area contributed by atoms with Crippen LogP contribution in [-0.4, -0.2) is 23.0 Å². The highest BCUT2D eigenvalue weighted by Gasteiger charge is 2.13. The number of carbonyl (C=O) groups is 2. The van der Waals surface area contributed by atoms with E-state index in [0.717, 1.165) is 10.0 Å². The monoisotopic (exact) mass is 299 g/mol. The van der Waals surface area contributed by atoms with Gasteiger partial charge in [0.25, 0.3) is 0 Å². The molecule has 0 aromatic heterocycles. The smallest absolute Gasteiger partial charge is 0.325 e. The van der Waals surface area contributed by atoms with Gasteiger partial charge in [0.1, 0.15) is 6.04 Å². The standard InChI is InChI=1S/C12H14BrNO3/c1-8(12(16)17)14-11(15)7-6-9-4-2-3-5-10(9)13/h2-5,8H,6-7H2,1H3,(H,14,15)(H,16,17)/t8-/m1/s1. The lowest BCUT2D eigenvalue weighted by molar-refractivity contribution is -0.141. The Labute approximate surface area is 108 Å². The first kappa shape index (κ1) is 13.7. The second-order valence-electron chi connectivity index (χ2n) is 3.72. The average molecular weight is 300 g/mol. The lowest BCUT2D eigenvalue weighted by Crippen LogP contribution is -2.38. The third-order valence-corrected chi connectivity index (χ3v) is 3.10. The van der Waals surface area contributed by atoms with Crippen LogP contribution in [0.2, 0.25) is 0 Å².